The Labute approximate surface area is 144 Å². The van der Waals surface area contributed by atoms with Crippen molar-refractivity contribution in [1.29, 1.82) is 0 Å². The average Bonchev–Trinajstić information content (AvgIpc) is 2.56. The molecule has 0 aliphatic carbocycles. The van der Waals surface area contributed by atoms with Gasteiger partial charge >= 0.3 is 5.97 Å². The van der Waals surface area contributed by atoms with Crippen LogP contribution >= 0.6 is 0 Å². The monoisotopic (exact) mass is 335 g/mol. The highest BCUT2D eigenvalue weighted by atomic mass is 16.5. The Hall–Kier alpha value is -2.24. The number of aryl methyl sites for hydroxylation is 1. The van der Waals surface area contributed by atoms with Crippen LogP contribution in [0.2, 0.25) is 0 Å². The zero-order chi connectivity index (χ0) is 17.9. The Kier molecular flexibility index (Phi) is 8.68. The minimum absolute atomic E-state index is 0.0197. The topological polar surface area (TPSA) is 72.0 Å². The van der Waals surface area contributed by atoms with Gasteiger partial charge in [0.25, 0.3) is 0 Å². The Morgan fingerprint density at radius 2 is 2.04 bits per heavy atom. The van der Waals surface area contributed by atoms with E-state index in [0.29, 0.717) is 19.0 Å². The zero-order valence-corrected chi connectivity index (χ0v) is 15.3. The van der Waals surface area contributed by atoms with Gasteiger partial charge in [0.15, 0.2) is 5.96 Å². The van der Waals surface area contributed by atoms with E-state index in [4.69, 9.17) is 9.47 Å². The van der Waals surface area contributed by atoms with Crippen LogP contribution in [-0.2, 0) is 9.53 Å². The number of aliphatic imine (C=N–C) groups is 1. The lowest BCUT2D eigenvalue weighted by atomic mass is 10.2. The summed E-state index contributed by atoms with van der Waals surface area (Å²) in [6, 6.07) is 7.97. The summed E-state index contributed by atoms with van der Waals surface area (Å²) in [5.41, 5.74) is 1.17. The first-order chi connectivity index (χ1) is 11.5. The highest BCUT2D eigenvalue weighted by Crippen LogP contribution is 2.13. The first kappa shape index (κ1) is 19.8. The molecule has 0 amide bonds. The number of carbonyl (C=O) groups is 1. The van der Waals surface area contributed by atoms with Gasteiger partial charge in [-0.2, -0.15) is 0 Å². The van der Waals surface area contributed by atoms with E-state index in [9.17, 15) is 4.79 Å². The molecule has 0 aliphatic heterocycles. The van der Waals surface area contributed by atoms with E-state index in [1.807, 2.05) is 45.0 Å². The zero-order valence-electron chi connectivity index (χ0n) is 15.3. The van der Waals surface area contributed by atoms with Crippen LogP contribution in [-0.4, -0.2) is 44.8 Å². The number of rotatable bonds is 8. The van der Waals surface area contributed by atoms with Gasteiger partial charge in [-0.1, -0.05) is 19.1 Å². The summed E-state index contributed by atoms with van der Waals surface area (Å²) in [6.45, 7) is 9.53. The summed E-state index contributed by atoms with van der Waals surface area (Å²) < 4.78 is 10.6. The number of ether oxygens (including phenoxy) is 2. The second-order valence-electron chi connectivity index (χ2n) is 5.77. The number of esters is 1. The molecular weight excluding hydrogens is 306 g/mol. The number of nitrogens with zero attached hydrogens (tertiary/aromatic N) is 1. The van der Waals surface area contributed by atoms with Crippen molar-refractivity contribution in [3.05, 3.63) is 29.8 Å². The molecule has 0 radical (unpaired) electrons. The van der Waals surface area contributed by atoms with Crippen molar-refractivity contribution in [3.63, 3.8) is 0 Å². The lowest BCUT2D eigenvalue weighted by Gasteiger charge is -2.18. The predicted octanol–water partition coefficient (Wildman–Crippen LogP) is 2.13. The van der Waals surface area contributed by atoms with Crippen LogP contribution in [0.5, 0.6) is 5.75 Å². The van der Waals surface area contributed by atoms with E-state index >= 15 is 0 Å². The smallest absolute Gasteiger partial charge is 0.310 e. The van der Waals surface area contributed by atoms with Gasteiger partial charge in [0.1, 0.15) is 11.9 Å². The van der Waals surface area contributed by atoms with Gasteiger partial charge < -0.3 is 20.1 Å². The van der Waals surface area contributed by atoms with E-state index in [0.717, 1.165) is 12.3 Å². The second-order valence-corrected chi connectivity index (χ2v) is 5.77. The number of hydrogen-bond donors (Lipinski definition) is 2. The second kappa shape index (κ2) is 10.5. The number of benzene rings is 1. The van der Waals surface area contributed by atoms with E-state index in [-0.39, 0.29) is 18.0 Å². The normalized spacial score (nSPS) is 13.8. The molecule has 0 heterocycles. The van der Waals surface area contributed by atoms with Gasteiger partial charge in [0, 0.05) is 6.54 Å². The standard InChI is InChI=1S/C18H29N3O3/c1-6-19-18(20-11-14(3)17(22)23-5)21-12-15(4)24-16-9-7-8-13(2)10-16/h7-10,14-15H,6,11-12H2,1-5H3,(H2,19,20,21). The third-order valence-electron chi connectivity index (χ3n) is 3.35. The molecule has 0 bridgehead atoms. The number of guanidine groups is 1. The molecule has 1 aromatic rings. The third-order valence-corrected chi connectivity index (χ3v) is 3.35. The maximum Gasteiger partial charge on any atom is 0.310 e. The fraction of sp³-hybridized carbons (Fsp3) is 0.556. The van der Waals surface area contributed by atoms with Crippen molar-refractivity contribution in [2.75, 3.05) is 26.7 Å². The summed E-state index contributed by atoms with van der Waals surface area (Å²) in [6.07, 6.45) is -0.0197. The van der Waals surface area contributed by atoms with E-state index in [2.05, 4.69) is 15.6 Å². The number of nitrogens with one attached hydrogen (secondary N) is 2. The Bertz CT molecular complexity index is 546. The first-order valence-corrected chi connectivity index (χ1v) is 8.29. The van der Waals surface area contributed by atoms with Gasteiger partial charge in [0.05, 0.1) is 26.1 Å². The molecule has 0 saturated carbocycles. The molecule has 2 unspecified atom stereocenters. The maximum atomic E-state index is 11.4. The Morgan fingerprint density at radius 3 is 2.67 bits per heavy atom. The molecule has 134 valence electrons. The highest BCUT2D eigenvalue weighted by Gasteiger charge is 2.13. The highest BCUT2D eigenvalue weighted by molar-refractivity contribution is 5.80. The van der Waals surface area contributed by atoms with E-state index < -0.39 is 0 Å². The molecule has 6 nitrogen and oxygen atoms in total. The quantitative estimate of drug-likeness (QED) is 0.433. The average molecular weight is 335 g/mol. The van der Waals surface area contributed by atoms with Crippen molar-refractivity contribution in [1.82, 2.24) is 10.6 Å². The van der Waals surface area contributed by atoms with Crippen LogP contribution in [0, 0.1) is 12.8 Å². The molecule has 2 atom stereocenters. The van der Waals surface area contributed by atoms with Crippen molar-refractivity contribution < 1.29 is 14.3 Å². The molecule has 0 fully saturated rings. The fourth-order valence-electron chi connectivity index (χ4n) is 2.05. The van der Waals surface area contributed by atoms with Crippen molar-refractivity contribution in [3.8, 4) is 5.75 Å². The van der Waals surface area contributed by atoms with Crippen LogP contribution in [0.15, 0.2) is 29.3 Å². The van der Waals surface area contributed by atoms with Crippen LogP contribution in [0.1, 0.15) is 26.3 Å². The van der Waals surface area contributed by atoms with Gasteiger partial charge in [0.2, 0.25) is 0 Å². The Balaban J connectivity index is 2.51. The summed E-state index contributed by atoms with van der Waals surface area (Å²) in [7, 11) is 1.39. The van der Waals surface area contributed by atoms with Crippen molar-refractivity contribution in [2.45, 2.75) is 33.8 Å². The van der Waals surface area contributed by atoms with Crippen molar-refractivity contribution in [2.24, 2.45) is 10.9 Å². The lowest BCUT2D eigenvalue weighted by Crippen LogP contribution is -2.42. The lowest BCUT2D eigenvalue weighted by molar-refractivity contribution is -0.144. The molecule has 1 rings (SSSR count). The van der Waals surface area contributed by atoms with E-state index in [1.54, 1.807) is 6.92 Å². The third kappa shape index (κ3) is 7.35. The predicted molar refractivity (Wildman–Crippen MR) is 96.4 cm³/mol. The molecule has 0 aliphatic rings. The number of methoxy groups -OCH3 is 1. The summed E-state index contributed by atoms with van der Waals surface area (Å²) in [4.78, 5) is 15.8. The molecule has 1 aromatic carbocycles. The largest absolute Gasteiger partial charge is 0.489 e. The molecule has 0 saturated heterocycles. The van der Waals surface area contributed by atoms with Gasteiger partial charge in [-0.3, -0.25) is 9.79 Å². The van der Waals surface area contributed by atoms with E-state index in [1.165, 1.54) is 12.7 Å². The van der Waals surface area contributed by atoms with Crippen LogP contribution in [0.25, 0.3) is 0 Å². The van der Waals surface area contributed by atoms with Gasteiger partial charge in [-0.25, -0.2) is 0 Å². The summed E-state index contributed by atoms with van der Waals surface area (Å²) in [5.74, 6) is 0.982. The molecule has 24 heavy (non-hydrogen) atoms. The van der Waals surface area contributed by atoms with Gasteiger partial charge in [-0.05, 0) is 38.5 Å². The summed E-state index contributed by atoms with van der Waals surface area (Å²) in [5, 5.41) is 6.38. The number of hydrogen-bond acceptors (Lipinski definition) is 4. The molecule has 0 aromatic heterocycles. The van der Waals surface area contributed by atoms with Gasteiger partial charge in [-0.15, -0.1) is 0 Å². The first-order valence-electron chi connectivity index (χ1n) is 8.29. The van der Waals surface area contributed by atoms with Crippen LogP contribution < -0.4 is 15.4 Å². The fourth-order valence-corrected chi connectivity index (χ4v) is 2.05. The Morgan fingerprint density at radius 1 is 1.29 bits per heavy atom. The number of carbonyl (C=O) groups excluding carboxylic acids is 1. The SMILES string of the molecule is CCNC(=NCC(C)C(=O)OC)NCC(C)Oc1cccc(C)c1. The minimum atomic E-state index is -0.272. The maximum absolute atomic E-state index is 11.4. The van der Waals surface area contributed by atoms with Crippen LogP contribution in [0.4, 0.5) is 0 Å². The minimum Gasteiger partial charge on any atom is -0.489 e. The van der Waals surface area contributed by atoms with Crippen molar-refractivity contribution >= 4 is 11.9 Å². The molecular formula is C18H29N3O3. The molecule has 0 spiro atoms. The molecule has 6 heteroatoms. The summed E-state index contributed by atoms with van der Waals surface area (Å²) >= 11 is 0. The molecule has 2 N–H and O–H groups in total. The van der Waals surface area contributed by atoms with Crippen LogP contribution in [0.3, 0.4) is 0 Å².